The zero-order chi connectivity index (χ0) is 13.0. The Morgan fingerprint density at radius 2 is 1.56 bits per heavy atom. The Morgan fingerprint density at radius 3 is 2.22 bits per heavy atom. The second-order valence-electron chi connectivity index (χ2n) is 4.47. The number of hydrogen-bond donors (Lipinski definition) is 1. The second-order valence-corrected chi connectivity index (χ2v) is 4.47. The fourth-order valence-corrected chi connectivity index (χ4v) is 1.89. The predicted molar refractivity (Wildman–Crippen MR) is 74.7 cm³/mol. The van der Waals surface area contributed by atoms with Gasteiger partial charge >= 0.3 is 0 Å². The summed E-state index contributed by atoms with van der Waals surface area (Å²) in [7, 11) is 0. The summed E-state index contributed by atoms with van der Waals surface area (Å²) in [5.41, 5.74) is 4.19. The number of para-hydroxylation sites is 1. The highest BCUT2D eigenvalue weighted by molar-refractivity contribution is 5.93. The lowest BCUT2D eigenvalue weighted by atomic mass is 10.1. The molecule has 2 heteroatoms. The SMILES string of the molecule is Cc1ccccc1CC(=O)Nc1ccccc1C. The molecule has 0 bridgehead atoms. The minimum Gasteiger partial charge on any atom is -0.326 e. The van der Waals surface area contributed by atoms with Gasteiger partial charge < -0.3 is 5.32 Å². The molecule has 0 saturated heterocycles. The summed E-state index contributed by atoms with van der Waals surface area (Å²) in [6.07, 6.45) is 0.418. The van der Waals surface area contributed by atoms with Gasteiger partial charge in [-0.1, -0.05) is 42.5 Å². The van der Waals surface area contributed by atoms with Crippen LogP contribution in [0, 0.1) is 13.8 Å². The highest BCUT2D eigenvalue weighted by atomic mass is 16.1. The first-order valence-corrected chi connectivity index (χ1v) is 6.07. The van der Waals surface area contributed by atoms with Crippen LogP contribution >= 0.6 is 0 Å². The number of hydrogen-bond acceptors (Lipinski definition) is 1. The Hall–Kier alpha value is -2.09. The van der Waals surface area contributed by atoms with Crippen molar-refractivity contribution in [1.82, 2.24) is 0 Å². The maximum Gasteiger partial charge on any atom is 0.228 e. The van der Waals surface area contributed by atoms with E-state index >= 15 is 0 Å². The monoisotopic (exact) mass is 239 g/mol. The van der Waals surface area contributed by atoms with Gasteiger partial charge in [0.1, 0.15) is 0 Å². The summed E-state index contributed by atoms with van der Waals surface area (Å²) < 4.78 is 0. The Kier molecular flexibility index (Phi) is 3.78. The third-order valence-corrected chi connectivity index (χ3v) is 3.03. The molecular weight excluding hydrogens is 222 g/mol. The van der Waals surface area contributed by atoms with Gasteiger partial charge in [-0.05, 0) is 36.6 Å². The van der Waals surface area contributed by atoms with Crippen molar-refractivity contribution in [1.29, 1.82) is 0 Å². The number of amides is 1. The molecule has 0 spiro atoms. The van der Waals surface area contributed by atoms with Crippen LogP contribution in [0.3, 0.4) is 0 Å². The molecule has 0 unspecified atom stereocenters. The van der Waals surface area contributed by atoms with E-state index in [0.29, 0.717) is 6.42 Å². The molecule has 92 valence electrons. The van der Waals surface area contributed by atoms with E-state index in [-0.39, 0.29) is 5.91 Å². The number of aryl methyl sites for hydroxylation is 2. The van der Waals surface area contributed by atoms with Crippen molar-refractivity contribution >= 4 is 11.6 Å². The van der Waals surface area contributed by atoms with E-state index in [0.717, 1.165) is 22.4 Å². The van der Waals surface area contributed by atoms with Gasteiger partial charge in [-0.3, -0.25) is 4.79 Å². The highest BCUT2D eigenvalue weighted by Gasteiger charge is 2.06. The van der Waals surface area contributed by atoms with E-state index in [2.05, 4.69) is 5.32 Å². The molecule has 0 aliphatic heterocycles. The molecule has 0 saturated carbocycles. The van der Waals surface area contributed by atoms with E-state index in [1.165, 1.54) is 0 Å². The molecule has 0 aromatic heterocycles. The summed E-state index contributed by atoms with van der Waals surface area (Å²) in [5, 5.41) is 2.95. The first-order valence-electron chi connectivity index (χ1n) is 6.07. The van der Waals surface area contributed by atoms with Crippen LogP contribution in [0.15, 0.2) is 48.5 Å². The number of anilines is 1. The second kappa shape index (κ2) is 5.50. The van der Waals surface area contributed by atoms with Crippen molar-refractivity contribution < 1.29 is 4.79 Å². The fraction of sp³-hybridized carbons (Fsp3) is 0.188. The predicted octanol–water partition coefficient (Wildman–Crippen LogP) is 3.48. The highest BCUT2D eigenvalue weighted by Crippen LogP contribution is 2.14. The van der Waals surface area contributed by atoms with Gasteiger partial charge in [0.2, 0.25) is 5.91 Å². The molecule has 2 aromatic rings. The molecular formula is C16H17NO. The van der Waals surface area contributed by atoms with Gasteiger partial charge in [0.25, 0.3) is 0 Å². The average Bonchev–Trinajstić information content (AvgIpc) is 2.35. The van der Waals surface area contributed by atoms with Gasteiger partial charge in [0.05, 0.1) is 6.42 Å². The normalized spacial score (nSPS) is 10.1. The van der Waals surface area contributed by atoms with Gasteiger partial charge in [0, 0.05) is 5.69 Å². The number of carbonyl (C=O) groups is 1. The molecule has 0 fully saturated rings. The van der Waals surface area contributed by atoms with Gasteiger partial charge in [-0.2, -0.15) is 0 Å². The third-order valence-electron chi connectivity index (χ3n) is 3.03. The number of nitrogens with one attached hydrogen (secondary N) is 1. The van der Waals surface area contributed by atoms with E-state index in [1.54, 1.807) is 0 Å². The molecule has 1 amide bonds. The molecule has 0 aliphatic carbocycles. The van der Waals surface area contributed by atoms with E-state index in [9.17, 15) is 4.79 Å². The Morgan fingerprint density at radius 1 is 0.944 bits per heavy atom. The standard InChI is InChI=1S/C16H17NO/c1-12-7-3-5-9-14(12)11-16(18)17-15-10-6-4-8-13(15)2/h3-10H,11H2,1-2H3,(H,17,18). The van der Waals surface area contributed by atoms with Crippen molar-refractivity contribution in [3.8, 4) is 0 Å². The molecule has 18 heavy (non-hydrogen) atoms. The molecule has 0 atom stereocenters. The summed E-state index contributed by atoms with van der Waals surface area (Å²) >= 11 is 0. The zero-order valence-corrected chi connectivity index (χ0v) is 10.7. The van der Waals surface area contributed by atoms with Crippen molar-refractivity contribution in [2.45, 2.75) is 20.3 Å². The van der Waals surface area contributed by atoms with Gasteiger partial charge in [-0.15, -0.1) is 0 Å². The fourth-order valence-electron chi connectivity index (χ4n) is 1.89. The maximum atomic E-state index is 12.0. The summed E-state index contributed by atoms with van der Waals surface area (Å²) in [6, 6.07) is 15.8. The van der Waals surface area contributed by atoms with Crippen molar-refractivity contribution in [3.05, 3.63) is 65.2 Å². The molecule has 0 heterocycles. The summed E-state index contributed by atoms with van der Waals surface area (Å²) in [5.74, 6) is 0.0265. The van der Waals surface area contributed by atoms with Crippen LogP contribution in [0.25, 0.3) is 0 Å². The molecule has 2 nitrogen and oxygen atoms in total. The molecule has 2 aromatic carbocycles. The average molecular weight is 239 g/mol. The van der Waals surface area contributed by atoms with Crippen LogP contribution in [0.4, 0.5) is 5.69 Å². The molecule has 0 radical (unpaired) electrons. The minimum absolute atomic E-state index is 0.0265. The Bertz CT molecular complexity index is 511. The first kappa shape index (κ1) is 12.4. The molecule has 2 rings (SSSR count). The largest absolute Gasteiger partial charge is 0.326 e. The third kappa shape index (κ3) is 2.98. The van der Waals surface area contributed by atoms with Crippen molar-refractivity contribution in [3.63, 3.8) is 0 Å². The number of rotatable bonds is 3. The van der Waals surface area contributed by atoms with Crippen molar-refractivity contribution in [2.75, 3.05) is 5.32 Å². The quantitative estimate of drug-likeness (QED) is 0.872. The van der Waals surface area contributed by atoms with Crippen LogP contribution in [-0.2, 0) is 11.2 Å². The lowest BCUT2D eigenvalue weighted by Crippen LogP contribution is -2.15. The van der Waals surface area contributed by atoms with Crippen LogP contribution in [0.5, 0.6) is 0 Å². The van der Waals surface area contributed by atoms with Crippen molar-refractivity contribution in [2.24, 2.45) is 0 Å². The van der Waals surface area contributed by atoms with Crippen LogP contribution < -0.4 is 5.32 Å². The lowest BCUT2D eigenvalue weighted by Gasteiger charge is -2.09. The molecule has 0 aliphatic rings. The van der Waals surface area contributed by atoms with E-state index in [4.69, 9.17) is 0 Å². The Balaban J connectivity index is 2.06. The van der Waals surface area contributed by atoms with E-state index < -0.39 is 0 Å². The smallest absolute Gasteiger partial charge is 0.228 e. The topological polar surface area (TPSA) is 29.1 Å². The number of carbonyl (C=O) groups excluding carboxylic acids is 1. The zero-order valence-electron chi connectivity index (χ0n) is 10.7. The first-order chi connectivity index (χ1) is 8.66. The van der Waals surface area contributed by atoms with Crippen LogP contribution in [0.1, 0.15) is 16.7 Å². The number of benzene rings is 2. The summed E-state index contributed by atoms with van der Waals surface area (Å²) in [6.45, 7) is 4.01. The van der Waals surface area contributed by atoms with Crippen LogP contribution in [0.2, 0.25) is 0 Å². The van der Waals surface area contributed by atoms with Crippen LogP contribution in [-0.4, -0.2) is 5.91 Å². The van der Waals surface area contributed by atoms with Gasteiger partial charge in [-0.25, -0.2) is 0 Å². The minimum atomic E-state index is 0.0265. The lowest BCUT2D eigenvalue weighted by molar-refractivity contribution is -0.115. The summed E-state index contributed by atoms with van der Waals surface area (Å²) in [4.78, 5) is 12.0. The van der Waals surface area contributed by atoms with E-state index in [1.807, 2.05) is 62.4 Å². The van der Waals surface area contributed by atoms with Gasteiger partial charge in [0.15, 0.2) is 0 Å². The Labute approximate surface area is 108 Å². The maximum absolute atomic E-state index is 12.0. The molecule has 1 N–H and O–H groups in total.